The molecule has 0 N–H and O–H groups in total. The maximum absolute atomic E-state index is 12.2. The number of furan rings is 1. The van der Waals surface area contributed by atoms with Crippen molar-refractivity contribution in [1.29, 1.82) is 0 Å². The quantitative estimate of drug-likeness (QED) is 0.738. The van der Waals surface area contributed by atoms with Crippen LogP contribution in [0, 0.1) is 0 Å². The Bertz CT molecular complexity index is 537. The van der Waals surface area contributed by atoms with Crippen molar-refractivity contribution in [2.45, 2.75) is 26.7 Å². The number of hydrogen-bond donors (Lipinski definition) is 0. The van der Waals surface area contributed by atoms with Gasteiger partial charge in [-0.05, 0) is 42.8 Å². The van der Waals surface area contributed by atoms with Crippen LogP contribution in [0.4, 0.5) is 0 Å². The number of hydrogen-bond acceptors (Lipinski definition) is 3. The molecule has 0 amide bonds. The molecule has 0 spiro atoms. The average Bonchev–Trinajstić information content (AvgIpc) is 2.94. The summed E-state index contributed by atoms with van der Waals surface area (Å²) in [5.74, 6) is 1.90. The molecule has 0 aliphatic heterocycles. The van der Waals surface area contributed by atoms with E-state index < -0.39 is 0 Å². The molecule has 0 aliphatic rings. The lowest BCUT2D eigenvalue weighted by molar-refractivity contribution is 0.101. The van der Waals surface area contributed by atoms with Crippen molar-refractivity contribution >= 4 is 5.78 Å². The van der Waals surface area contributed by atoms with E-state index in [-0.39, 0.29) is 5.78 Å². The molecule has 0 atom stereocenters. The van der Waals surface area contributed by atoms with Gasteiger partial charge in [0.05, 0.1) is 6.61 Å². The van der Waals surface area contributed by atoms with E-state index in [0.29, 0.717) is 17.9 Å². The molecule has 1 heterocycles. The van der Waals surface area contributed by atoms with Crippen LogP contribution in [0.2, 0.25) is 0 Å². The van der Waals surface area contributed by atoms with Gasteiger partial charge in [-0.15, -0.1) is 0 Å². The van der Waals surface area contributed by atoms with Crippen molar-refractivity contribution in [3.05, 3.63) is 53.5 Å². The highest BCUT2D eigenvalue weighted by molar-refractivity contribution is 6.07. The predicted octanol–water partition coefficient (Wildman–Crippen LogP) is 3.86. The van der Waals surface area contributed by atoms with Crippen molar-refractivity contribution in [1.82, 2.24) is 0 Å². The van der Waals surface area contributed by atoms with Crippen molar-refractivity contribution in [3.8, 4) is 5.75 Å². The van der Waals surface area contributed by atoms with Crippen LogP contribution in [0.5, 0.6) is 5.75 Å². The van der Waals surface area contributed by atoms with Gasteiger partial charge in [-0.3, -0.25) is 4.79 Å². The van der Waals surface area contributed by atoms with E-state index in [2.05, 4.69) is 6.92 Å². The first-order chi connectivity index (χ1) is 9.24. The van der Waals surface area contributed by atoms with Gasteiger partial charge in [0.2, 0.25) is 5.78 Å². The number of ketones is 1. The van der Waals surface area contributed by atoms with Crippen LogP contribution < -0.4 is 4.74 Å². The van der Waals surface area contributed by atoms with Crippen molar-refractivity contribution in [2.75, 3.05) is 6.61 Å². The Labute approximate surface area is 113 Å². The van der Waals surface area contributed by atoms with Crippen molar-refractivity contribution < 1.29 is 13.9 Å². The fourth-order valence-corrected chi connectivity index (χ4v) is 1.75. The lowest BCUT2D eigenvalue weighted by Crippen LogP contribution is -2.00. The Morgan fingerprint density at radius 1 is 1.11 bits per heavy atom. The van der Waals surface area contributed by atoms with Crippen LogP contribution in [0.3, 0.4) is 0 Å². The Morgan fingerprint density at radius 2 is 1.84 bits per heavy atom. The van der Waals surface area contributed by atoms with E-state index in [0.717, 1.165) is 24.4 Å². The van der Waals surface area contributed by atoms with E-state index in [1.807, 2.05) is 25.1 Å². The summed E-state index contributed by atoms with van der Waals surface area (Å²) < 4.78 is 10.9. The first kappa shape index (κ1) is 13.4. The minimum atomic E-state index is -0.0956. The highest BCUT2D eigenvalue weighted by atomic mass is 16.5. The number of ether oxygens (including phenoxy) is 1. The Kier molecular flexibility index (Phi) is 4.39. The van der Waals surface area contributed by atoms with Crippen LogP contribution in [0.15, 0.2) is 40.8 Å². The lowest BCUT2D eigenvalue weighted by Gasteiger charge is -2.04. The van der Waals surface area contributed by atoms with Crippen LogP contribution in [-0.2, 0) is 6.42 Å². The third-order valence-corrected chi connectivity index (χ3v) is 2.82. The van der Waals surface area contributed by atoms with E-state index in [4.69, 9.17) is 9.15 Å². The molecular formula is C16H18O3. The average molecular weight is 258 g/mol. The van der Waals surface area contributed by atoms with Gasteiger partial charge in [-0.2, -0.15) is 0 Å². The highest BCUT2D eigenvalue weighted by Gasteiger charge is 2.13. The minimum Gasteiger partial charge on any atom is -0.494 e. The number of aryl methyl sites for hydroxylation is 1. The monoisotopic (exact) mass is 258 g/mol. The van der Waals surface area contributed by atoms with E-state index >= 15 is 0 Å². The number of carbonyl (C=O) groups excluding carboxylic acids is 1. The highest BCUT2D eigenvalue weighted by Crippen LogP contribution is 2.17. The summed E-state index contributed by atoms with van der Waals surface area (Å²) in [6, 6.07) is 10.7. The Morgan fingerprint density at radius 3 is 2.42 bits per heavy atom. The number of rotatable bonds is 6. The summed E-state index contributed by atoms with van der Waals surface area (Å²) in [4.78, 5) is 12.2. The van der Waals surface area contributed by atoms with Gasteiger partial charge >= 0.3 is 0 Å². The van der Waals surface area contributed by atoms with Gasteiger partial charge in [-0.1, -0.05) is 13.8 Å². The second-order valence-electron chi connectivity index (χ2n) is 4.32. The summed E-state index contributed by atoms with van der Waals surface area (Å²) in [6.07, 6.45) is 1.75. The Hall–Kier alpha value is -2.03. The zero-order valence-electron chi connectivity index (χ0n) is 11.3. The van der Waals surface area contributed by atoms with E-state index in [9.17, 15) is 4.79 Å². The lowest BCUT2D eigenvalue weighted by atomic mass is 10.1. The van der Waals surface area contributed by atoms with Crippen molar-refractivity contribution in [3.63, 3.8) is 0 Å². The molecular weight excluding hydrogens is 240 g/mol. The largest absolute Gasteiger partial charge is 0.494 e. The fourth-order valence-electron chi connectivity index (χ4n) is 1.75. The minimum absolute atomic E-state index is 0.0956. The molecule has 19 heavy (non-hydrogen) atoms. The summed E-state index contributed by atoms with van der Waals surface area (Å²) in [6.45, 7) is 4.73. The normalized spacial score (nSPS) is 10.4. The molecule has 2 aromatic rings. The first-order valence-electron chi connectivity index (χ1n) is 6.60. The van der Waals surface area contributed by atoms with Crippen LogP contribution in [0.25, 0.3) is 0 Å². The second kappa shape index (κ2) is 6.23. The molecule has 1 aromatic heterocycles. The third kappa shape index (κ3) is 3.25. The van der Waals surface area contributed by atoms with Crippen LogP contribution in [-0.4, -0.2) is 12.4 Å². The van der Waals surface area contributed by atoms with Gasteiger partial charge in [0.1, 0.15) is 11.5 Å². The molecule has 0 radical (unpaired) electrons. The summed E-state index contributed by atoms with van der Waals surface area (Å²) in [7, 11) is 0. The van der Waals surface area contributed by atoms with E-state index in [1.165, 1.54) is 0 Å². The summed E-state index contributed by atoms with van der Waals surface area (Å²) in [5, 5.41) is 0. The third-order valence-electron chi connectivity index (χ3n) is 2.82. The van der Waals surface area contributed by atoms with E-state index in [1.54, 1.807) is 18.2 Å². The molecule has 0 saturated heterocycles. The van der Waals surface area contributed by atoms with Crippen LogP contribution >= 0.6 is 0 Å². The molecule has 2 rings (SSSR count). The van der Waals surface area contributed by atoms with Gasteiger partial charge in [0, 0.05) is 12.0 Å². The zero-order valence-corrected chi connectivity index (χ0v) is 11.3. The molecule has 0 unspecified atom stereocenters. The molecule has 0 bridgehead atoms. The molecule has 0 fully saturated rings. The molecule has 1 aromatic carbocycles. The maximum Gasteiger partial charge on any atom is 0.228 e. The topological polar surface area (TPSA) is 39.4 Å². The summed E-state index contributed by atoms with van der Waals surface area (Å²) in [5.41, 5.74) is 0.612. The van der Waals surface area contributed by atoms with Crippen LogP contribution in [0.1, 0.15) is 42.1 Å². The first-order valence-corrected chi connectivity index (χ1v) is 6.60. The smallest absolute Gasteiger partial charge is 0.228 e. The van der Waals surface area contributed by atoms with Gasteiger partial charge < -0.3 is 9.15 Å². The number of carbonyl (C=O) groups is 1. The van der Waals surface area contributed by atoms with Gasteiger partial charge in [0.15, 0.2) is 5.76 Å². The Balaban J connectivity index is 2.10. The SMILES string of the molecule is CCCOc1ccc(C(=O)c2ccc(CC)o2)cc1. The zero-order chi connectivity index (χ0) is 13.7. The van der Waals surface area contributed by atoms with Gasteiger partial charge in [-0.25, -0.2) is 0 Å². The molecule has 3 heteroatoms. The molecule has 0 aliphatic carbocycles. The molecule has 100 valence electrons. The summed E-state index contributed by atoms with van der Waals surface area (Å²) >= 11 is 0. The fraction of sp³-hybridized carbons (Fsp3) is 0.312. The standard InChI is InChI=1S/C16H18O3/c1-3-11-18-14-7-5-12(6-8-14)16(17)15-10-9-13(4-2)19-15/h5-10H,3-4,11H2,1-2H3. The predicted molar refractivity (Wildman–Crippen MR) is 73.7 cm³/mol. The second-order valence-corrected chi connectivity index (χ2v) is 4.32. The maximum atomic E-state index is 12.2. The number of benzene rings is 1. The van der Waals surface area contributed by atoms with Gasteiger partial charge in [0.25, 0.3) is 0 Å². The van der Waals surface area contributed by atoms with Crippen molar-refractivity contribution in [2.24, 2.45) is 0 Å². The molecule has 0 saturated carbocycles. The molecule has 3 nitrogen and oxygen atoms in total.